The van der Waals surface area contributed by atoms with Crippen LogP contribution in [0.15, 0.2) is 29.6 Å². The Hall–Kier alpha value is -1.26. The molecule has 1 aliphatic heterocycles. The first-order valence-corrected chi connectivity index (χ1v) is 7.99. The zero-order chi connectivity index (χ0) is 13.9. The fraction of sp³-hybridized carbons (Fsp3) is 0.333. The summed E-state index contributed by atoms with van der Waals surface area (Å²) in [5.41, 5.74) is 1.52. The van der Waals surface area contributed by atoms with E-state index >= 15 is 0 Å². The molecule has 1 aromatic carbocycles. The second-order valence-corrected chi connectivity index (χ2v) is 6.38. The van der Waals surface area contributed by atoms with Crippen molar-refractivity contribution in [2.24, 2.45) is 0 Å². The Morgan fingerprint density at radius 1 is 1.25 bits per heavy atom. The quantitative estimate of drug-likeness (QED) is 0.876. The van der Waals surface area contributed by atoms with Crippen LogP contribution in [-0.4, -0.2) is 13.1 Å². The van der Waals surface area contributed by atoms with Gasteiger partial charge in [0.2, 0.25) is 0 Å². The summed E-state index contributed by atoms with van der Waals surface area (Å²) in [5, 5.41) is 5.88. The van der Waals surface area contributed by atoms with Crippen LogP contribution >= 0.6 is 22.9 Å². The minimum Gasteiger partial charge on any atom is -0.380 e. The zero-order valence-corrected chi connectivity index (χ0v) is 12.6. The first-order chi connectivity index (χ1) is 9.72. The Morgan fingerprint density at radius 2 is 2.05 bits per heavy atom. The lowest BCUT2D eigenvalue weighted by molar-refractivity contribution is 0.623. The number of nitrogens with zero attached hydrogens (tertiary/aromatic N) is 1. The monoisotopic (exact) mass is 310 g/mol. The molecule has 0 radical (unpaired) electrons. The third-order valence-electron chi connectivity index (χ3n) is 3.48. The maximum atomic E-state index is 14.1. The molecule has 0 bridgehead atoms. The molecule has 1 N–H and O–H groups in total. The Labute approximate surface area is 127 Å². The summed E-state index contributed by atoms with van der Waals surface area (Å²) in [6, 6.07) is 7.30. The van der Waals surface area contributed by atoms with Crippen molar-refractivity contribution in [3.8, 4) is 0 Å². The Balaban J connectivity index is 1.67. The number of thiophene rings is 1. The lowest BCUT2D eigenvalue weighted by atomic mass is 10.2. The molecule has 0 atom stereocenters. The van der Waals surface area contributed by atoms with Gasteiger partial charge in [0.05, 0.1) is 10.7 Å². The van der Waals surface area contributed by atoms with Crippen molar-refractivity contribution in [2.75, 3.05) is 23.3 Å². The molecule has 0 aliphatic carbocycles. The molecular formula is C15H16ClFN2S. The molecule has 0 unspecified atom stereocenters. The van der Waals surface area contributed by atoms with Crippen molar-refractivity contribution in [1.29, 1.82) is 0 Å². The molecule has 0 saturated carbocycles. The Kier molecular flexibility index (Phi) is 4.13. The first-order valence-electron chi connectivity index (χ1n) is 6.74. The molecule has 0 spiro atoms. The summed E-state index contributed by atoms with van der Waals surface area (Å²) in [6.07, 6.45) is 2.30. The molecule has 3 rings (SSSR count). The summed E-state index contributed by atoms with van der Waals surface area (Å²) in [7, 11) is 0. The maximum absolute atomic E-state index is 14.1. The van der Waals surface area contributed by atoms with Crippen LogP contribution in [0.3, 0.4) is 0 Å². The second-order valence-electron chi connectivity index (χ2n) is 4.95. The number of hydrogen-bond acceptors (Lipinski definition) is 3. The molecule has 1 aliphatic rings. The van der Waals surface area contributed by atoms with Crippen molar-refractivity contribution in [2.45, 2.75) is 19.4 Å². The van der Waals surface area contributed by atoms with Crippen LogP contribution in [0.1, 0.15) is 17.7 Å². The number of anilines is 2. The summed E-state index contributed by atoms with van der Waals surface area (Å²) >= 11 is 7.48. The summed E-state index contributed by atoms with van der Waals surface area (Å²) in [5.74, 6) is -0.152. The summed E-state index contributed by atoms with van der Waals surface area (Å²) in [4.78, 5) is 3.25. The van der Waals surface area contributed by atoms with Crippen molar-refractivity contribution in [3.63, 3.8) is 0 Å². The van der Waals surface area contributed by atoms with Gasteiger partial charge >= 0.3 is 0 Å². The van der Waals surface area contributed by atoms with Crippen LogP contribution in [0, 0.1) is 5.82 Å². The lowest BCUT2D eigenvalue weighted by Gasteiger charge is -2.19. The molecule has 20 heavy (non-hydrogen) atoms. The van der Waals surface area contributed by atoms with Crippen LogP contribution in [0.4, 0.5) is 15.8 Å². The van der Waals surface area contributed by atoms with Crippen LogP contribution < -0.4 is 10.2 Å². The van der Waals surface area contributed by atoms with Crippen LogP contribution in [0.2, 0.25) is 5.02 Å². The van der Waals surface area contributed by atoms with E-state index in [9.17, 15) is 4.39 Å². The molecular weight excluding hydrogens is 295 g/mol. The van der Waals surface area contributed by atoms with Crippen LogP contribution in [-0.2, 0) is 6.54 Å². The van der Waals surface area contributed by atoms with Crippen LogP contribution in [0.25, 0.3) is 0 Å². The Bertz CT molecular complexity index is 593. The van der Waals surface area contributed by atoms with Gasteiger partial charge < -0.3 is 10.2 Å². The van der Waals surface area contributed by atoms with E-state index < -0.39 is 0 Å². The van der Waals surface area contributed by atoms with Gasteiger partial charge in [-0.05, 0) is 37.1 Å². The van der Waals surface area contributed by atoms with E-state index in [1.165, 1.54) is 0 Å². The maximum Gasteiger partial charge on any atom is 0.148 e. The fourth-order valence-electron chi connectivity index (χ4n) is 2.47. The molecule has 5 heteroatoms. The van der Waals surface area contributed by atoms with Gasteiger partial charge in [-0.3, -0.25) is 0 Å². The number of halogens is 2. The third kappa shape index (κ3) is 3.07. The average molecular weight is 311 g/mol. The van der Waals surface area contributed by atoms with E-state index in [1.807, 2.05) is 23.6 Å². The third-order valence-corrected chi connectivity index (χ3v) is 4.77. The van der Waals surface area contributed by atoms with E-state index in [0.717, 1.165) is 41.5 Å². The highest BCUT2D eigenvalue weighted by atomic mass is 35.5. The van der Waals surface area contributed by atoms with Gasteiger partial charge in [0.15, 0.2) is 0 Å². The highest BCUT2D eigenvalue weighted by Crippen LogP contribution is 2.27. The van der Waals surface area contributed by atoms with Gasteiger partial charge in [-0.1, -0.05) is 11.6 Å². The summed E-state index contributed by atoms with van der Waals surface area (Å²) in [6.45, 7) is 2.58. The normalized spacial score (nSPS) is 14.8. The highest BCUT2D eigenvalue weighted by Gasteiger charge is 2.16. The van der Waals surface area contributed by atoms with Crippen molar-refractivity contribution in [1.82, 2.24) is 0 Å². The minimum absolute atomic E-state index is 0.152. The van der Waals surface area contributed by atoms with E-state index in [4.69, 9.17) is 11.6 Å². The van der Waals surface area contributed by atoms with Gasteiger partial charge in [0.25, 0.3) is 0 Å². The van der Waals surface area contributed by atoms with Crippen molar-refractivity contribution < 1.29 is 4.39 Å². The number of hydrogen-bond donors (Lipinski definition) is 1. The van der Waals surface area contributed by atoms with Gasteiger partial charge in [0, 0.05) is 35.6 Å². The minimum atomic E-state index is -0.152. The molecule has 1 saturated heterocycles. The van der Waals surface area contributed by atoms with Crippen molar-refractivity contribution in [3.05, 3.63) is 45.4 Å². The van der Waals surface area contributed by atoms with Crippen molar-refractivity contribution >= 4 is 34.3 Å². The second kappa shape index (κ2) is 6.02. The molecule has 2 nitrogen and oxygen atoms in total. The first kappa shape index (κ1) is 13.7. The van der Waals surface area contributed by atoms with E-state index in [-0.39, 0.29) is 5.82 Å². The number of nitrogens with one attached hydrogen (secondary N) is 1. The van der Waals surface area contributed by atoms with E-state index in [2.05, 4.69) is 10.2 Å². The summed E-state index contributed by atoms with van der Waals surface area (Å²) < 4.78 is 14.1. The largest absolute Gasteiger partial charge is 0.380 e. The fourth-order valence-corrected chi connectivity index (χ4v) is 3.48. The van der Waals surface area contributed by atoms with Gasteiger partial charge in [0.1, 0.15) is 5.82 Å². The van der Waals surface area contributed by atoms with E-state index in [0.29, 0.717) is 12.2 Å². The van der Waals surface area contributed by atoms with Gasteiger partial charge in [-0.25, -0.2) is 4.39 Å². The molecule has 0 amide bonds. The molecule has 2 heterocycles. The molecule has 106 valence electrons. The SMILES string of the molecule is Fc1cc(NCc2cc(Cl)cs2)ccc1N1CCCC1. The zero-order valence-electron chi connectivity index (χ0n) is 11.0. The molecule has 1 aromatic heterocycles. The lowest BCUT2D eigenvalue weighted by Crippen LogP contribution is -2.18. The molecule has 1 fully saturated rings. The standard InChI is InChI=1S/C15H16ClFN2S/c16-11-7-13(20-10-11)9-18-12-3-4-15(14(17)8-12)19-5-1-2-6-19/h3-4,7-8,10,18H,1-2,5-6,9H2. The van der Waals surface area contributed by atoms with Gasteiger partial charge in [-0.15, -0.1) is 11.3 Å². The van der Waals surface area contributed by atoms with E-state index in [1.54, 1.807) is 17.4 Å². The predicted octanol–water partition coefficient (Wildman–Crippen LogP) is 4.75. The predicted molar refractivity (Wildman–Crippen MR) is 84.5 cm³/mol. The topological polar surface area (TPSA) is 15.3 Å². The number of rotatable bonds is 4. The molecule has 2 aromatic rings. The smallest absolute Gasteiger partial charge is 0.148 e. The Morgan fingerprint density at radius 3 is 2.70 bits per heavy atom. The highest BCUT2D eigenvalue weighted by molar-refractivity contribution is 7.10. The number of benzene rings is 1. The van der Waals surface area contributed by atoms with Crippen LogP contribution in [0.5, 0.6) is 0 Å². The van der Waals surface area contributed by atoms with Gasteiger partial charge in [-0.2, -0.15) is 0 Å². The average Bonchev–Trinajstić information content (AvgIpc) is 3.08.